The summed E-state index contributed by atoms with van der Waals surface area (Å²) < 4.78 is 18.7. The molecule has 1 aliphatic heterocycles. The molecule has 4 rings (SSSR count). The zero-order valence-electron chi connectivity index (χ0n) is 19.7. The molecule has 1 aliphatic rings. The molecule has 0 unspecified atom stereocenters. The quantitative estimate of drug-likeness (QED) is 0.526. The Bertz CT molecular complexity index is 1260. The summed E-state index contributed by atoms with van der Waals surface area (Å²) in [5, 5.41) is 5.44. The maximum Gasteiger partial charge on any atom is 0.273 e. The van der Waals surface area contributed by atoms with E-state index < -0.39 is 17.6 Å². The van der Waals surface area contributed by atoms with Crippen LogP contribution in [0.2, 0.25) is 0 Å². The minimum absolute atomic E-state index is 0.0179. The number of rotatable bonds is 7. The van der Waals surface area contributed by atoms with Gasteiger partial charge < -0.3 is 20.3 Å². The van der Waals surface area contributed by atoms with Crippen LogP contribution in [0.15, 0.2) is 60.9 Å². The molecule has 2 aromatic carbocycles. The topological polar surface area (TPSA) is 114 Å². The minimum atomic E-state index is -0.605. The number of aromatic nitrogens is 2. The Morgan fingerprint density at radius 2 is 1.78 bits per heavy atom. The number of hydrogen-bond donors (Lipinski definition) is 2. The Labute approximate surface area is 207 Å². The zero-order chi connectivity index (χ0) is 25.5. The Morgan fingerprint density at radius 3 is 2.53 bits per heavy atom. The molecule has 10 heteroatoms. The molecule has 0 saturated carbocycles. The first-order valence-corrected chi connectivity index (χ1v) is 11.5. The highest BCUT2D eigenvalue weighted by atomic mass is 19.1. The highest BCUT2D eigenvalue weighted by Gasteiger charge is 2.26. The molecular weight excluding hydrogens is 465 g/mol. The number of nitrogens with zero attached hydrogens (tertiary/aromatic N) is 3. The van der Waals surface area contributed by atoms with E-state index in [2.05, 4.69) is 20.6 Å². The van der Waals surface area contributed by atoms with Gasteiger partial charge in [0.2, 0.25) is 5.91 Å². The molecule has 2 N–H and O–H groups in total. The lowest BCUT2D eigenvalue weighted by Crippen LogP contribution is -2.47. The Balaban J connectivity index is 1.32. The fourth-order valence-corrected chi connectivity index (χ4v) is 4.00. The van der Waals surface area contributed by atoms with Crippen LogP contribution in [0.3, 0.4) is 0 Å². The second-order valence-electron chi connectivity index (χ2n) is 8.37. The number of benzene rings is 2. The van der Waals surface area contributed by atoms with Crippen LogP contribution in [0, 0.1) is 5.82 Å². The van der Waals surface area contributed by atoms with Crippen LogP contribution in [0.1, 0.15) is 39.3 Å². The first-order valence-electron chi connectivity index (χ1n) is 11.5. The molecule has 1 aromatic heterocycles. The smallest absolute Gasteiger partial charge is 0.273 e. The van der Waals surface area contributed by atoms with E-state index in [1.807, 2.05) is 24.3 Å². The van der Waals surface area contributed by atoms with Crippen molar-refractivity contribution in [1.29, 1.82) is 0 Å². The van der Waals surface area contributed by atoms with Gasteiger partial charge in [-0.05, 0) is 48.7 Å². The van der Waals surface area contributed by atoms with Gasteiger partial charge in [-0.2, -0.15) is 0 Å². The average molecular weight is 492 g/mol. The number of anilines is 1. The summed E-state index contributed by atoms with van der Waals surface area (Å²) in [6, 6.07) is 12.5. The molecule has 0 aliphatic carbocycles. The lowest BCUT2D eigenvalue weighted by molar-refractivity contribution is -0.131. The van der Waals surface area contributed by atoms with E-state index in [0.717, 1.165) is 11.6 Å². The van der Waals surface area contributed by atoms with Crippen LogP contribution in [0.5, 0.6) is 5.75 Å². The highest BCUT2D eigenvalue weighted by Crippen LogP contribution is 2.17. The molecule has 186 valence electrons. The van der Waals surface area contributed by atoms with Crippen molar-refractivity contribution in [1.82, 2.24) is 20.2 Å². The van der Waals surface area contributed by atoms with E-state index in [1.54, 1.807) is 12.0 Å². The number of carbonyl (C=O) groups is 3. The molecule has 3 amide bonds. The van der Waals surface area contributed by atoms with E-state index >= 15 is 0 Å². The second-order valence-corrected chi connectivity index (χ2v) is 8.37. The van der Waals surface area contributed by atoms with E-state index in [4.69, 9.17) is 4.74 Å². The molecule has 9 nitrogen and oxygen atoms in total. The third-order valence-corrected chi connectivity index (χ3v) is 5.90. The number of halogens is 1. The molecule has 0 atom stereocenters. The van der Waals surface area contributed by atoms with Gasteiger partial charge in [0.25, 0.3) is 11.8 Å². The summed E-state index contributed by atoms with van der Waals surface area (Å²) in [7, 11) is 1.59. The van der Waals surface area contributed by atoms with Crippen molar-refractivity contribution >= 4 is 23.5 Å². The Kier molecular flexibility index (Phi) is 7.84. The summed E-state index contributed by atoms with van der Waals surface area (Å²) in [5.74, 6) is -0.935. The van der Waals surface area contributed by atoms with Crippen LogP contribution < -0.4 is 15.4 Å². The van der Waals surface area contributed by atoms with E-state index in [0.29, 0.717) is 31.7 Å². The first kappa shape index (κ1) is 24.8. The highest BCUT2D eigenvalue weighted by molar-refractivity contribution is 6.07. The Hall–Kier alpha value is -4.34. The number of carbonyl (C=O) groups excluding carboxylic acids is 3. The fourth-order valence-electron chi connectivity index (χ4n) is 4.00. The van der Waals surface area contributed by atoms with Gasteiger partial charge in [0.05, 0.1) is 13.5 Å². The van der Waals surface area contributed by atoms with Gasteiger partial charge in [0.15, 0.2) is 11.5 Å². The standard InChI is InChI=1S/C26H26FN5O4/c1-36-21-7-2-4-17(14-21)15-22(33)32-12-8-20(9-13-32)30-26(35)23-24(29-11-10-28-23)31-25(34)18-5-3-6-19(27)16-18/h2-7,10-11,14,16,20H,8-9,12-13,15H2,1H3,(H,30,35)(H,29,31,34). The van der Waals surface area contributed by atoms with Gasteiger partial charge in [0.1, 0.15) is 11.6 Å². The molecule has 0 spiro atoms. The maximum absolute atomic E-state index is 13.5. The van der Waals surface area contributed by atoms with Gasteiger partial charge in [-0.3, -0.25) is 14.4 Å². The number of nitrogens with one attached hydrogen (secondary N) is 2. The monoisotopic (exact) mass is 491 g/mol. The third kappa shape index (κ3) is 6.21. The van der Waals surface area contributed by atoms with Crippen LogP contribution in [0.25, 0.3) is 0 Å². The SMILES string of the molecule is COc1cccc(CC(=O)N2CCC(NC(=O)c3nccnc3NC(=O)c3cccc(F)c3)CC2)c1. The Morgan fingerprint density at radius 1 is 1.03 bits per heavy atom. The maximum atomic E-state index is 13.5. The largest absolute Gasteiger partial charge is 0.497 e. The molecule has 36 heavy (non-hydrogen) atoms. The van der Waals surface area contributed by atoms with Gasteiger partial charge in [-0.1, -0.05) is 18.2 Å². The molecule has 1 saturated heterocycles. The average Bonchev–Trinajstić information content (AvgIpc) is 2.89. The van der Waals surface area contributed by atoms with Crippen molar-refractivity contribution in [3.05, 3.63) is 83.6 Å². The van der Waals surface area contributed by atoms with Crippen LogP contribution in [-0.4, -0.2) is 58.8 Å². The predicted molar refractivity (Wildman–Crippen MR) is 130 cm³/mol. The molecule has 1 fully saturated rings. The van der Waals surface area contributed by atoms with Crippen molar-refractivity contribution in [2.45, 2.75) is 25.3 Å². The van der Waals surface area contributed by atoms with E-state index in [-0.39, 0.29) is 35.4 Å². The van der Waals surface area contributed by atoms with Gasteiger partial charge in [-0.25, -0.2) is 14.4 Å². The fraction of sp³-hybridized carbons (Fsp3) is 0.269. The molecule has 3 aromatic rings. The summed E-state index contributed by atoms with van der Waals surface area (Å²) in [6.07, 6.45) is 4.15. The van der Waals surface area contributed by atoms with Crippen molar-refractivity contribution in [2.24, 2.45) is 0 Å². The van der Waals surface area contributed by atoms with Crippen LogP contribution >= 0.6 is 0 Å². The van der Waals surface area contributed by atoms with E-state index in [1.165, 1.54) is 30.6 Å². The minimum Gasteiger partial charge on any atom is -0.497 e. The molecule has 0 radical (unpaired) electrons. The number of methoxy groups -OCH3 is 1. The predicted octanol–water partition coefficient (Wildman–Crippen LogP) is 2.84. The van der Waals surface area contributed by atoms with Gasteiger partial charge in [0, 0.05) is 37.1 Å². The third-order valence-electron chi connectivity index (χ3n) is 5.90. The lowest BCUT2D eigenvalue weighted by atomic mass is 10.0. The van der Waals surface area contributed by atoms with Crippen LogP contribution in [0.4, 0.5) is 10.2 Å². The molecule has 2 heterocycles. The summed E-state index contributed by atoms with van der Waals surface area (Å²) in [4.78, 5) is 48.0. The summed E-state index contributed by atoms with van der Waals surface area (Å²) in [5.41, 5.74) is 0.932. The number of hydrogen-bond acceptors (Lipinski definition) is 6. The number of ether oxygens (including phenoxy) is 1. The van der Waals surface area contributed by atoms with Crippen molar-refractivity contribution in [2.75, 3.05) is 25.5 Å². The van der Waals surface area contributed by atoms with E-state index in [9.17, 15) is 18.8 Å². The second kappa shape index (κ2) is 11.4. The lowest BCUT2D eigenvalue weighted by Gasteiger charge is -2.32. The summed E-state index contributed by atoms with van der Waals surface area (Å²) in [6.45, 7) is 1.02. The molecule has 0 bridgehead atoms. The summed E-state index contributed by atoms with van der Waals surface area (Å²) >= 11 is 0. The van der Waals surface area contributed by atoms with Crippen molar-refractivity contribution in [3.8, 4) is 5.75 Å². The first-order chi connectivity index (χ1) is 17.4. The molecular formula is C26H26FN5O4. The number of likely N-dealkylation sites (tertiary alicyclic amines) is 1. The van der Waals surface area contributed by atoms with Crippen molar-refractivity contribution in [3.63, 3.8) is 0 Å². The van der Waals surface area contributed by atoms with Gasteiger partial charge >= 0.3 is 0 Å². The van der Waals surface area contributed by atoms with Gasteiger partial charge in [-0.15, -0.1) is 0 Å². The van der Waals surface area contributed by atoms with Crippen molar-refractivity contribution < 1.29 is 23.5 Å². The number of amides is 3. The normalized spacial score (nSPS) is 13.7. The van der Waals surface area contributed by atoms with Crippen LogP contribution in [-0.2, 0) is 11.2 Å². The number of piperidine rings is 1. The zero-order valence-corrected chi connectivity index (χ0v) is 19.7.